The summed E-state index contributed by atoms with van der Waals surface area (Å²) in [5, 5.41) is 0. The van der Waals surface area contributed by atoms with E-state index < -0.39 is 0 Å². The van der Waals surface area contributed by atoms with Gasteiger partial charge in [0.25, 0.3) is 0 Å². The van der Waals surface area contributed by atoms with Gasteiger partial charge < -0.3 is 4.90 Å². The average Bonchev–Trinajstić information content (AvgIpc) is 2.68. The summed E-state index contributed by atoms with van der Waals surface area (Å²) in [5.74, 6) is 1.40. The molecule has 0 aliphatic heterocycles. The van der Waals surface area contributed by atoms with E-state index in [0.29, 0.717) is 5.92 Å². The number of rotatable bonds is 4. The van der Waals surface area contributed by atoms with Crippen molar-refractivity contribution < 1.29 is 0 Å². The van der Waals surface area contributed by atoms with Crippen LogP contribution in [0.2, 0.25) is 0 Å². The van der Waals surface area contributed by atoms with Gasteiger partial charge in [-0.3, -0.25) is 0 Å². The first-order chi connectivity index (χ1) is 6.87. The molecule has 1 fully saturated rings. The average molecular weight is 209 g/mol. The second-order valence-electron chi connectivity index (χ2n) is 5.84. The van der Waals surface area contributed by atoms with Crippen molar-refractivity contribution in [1.29, 1.82) is 0 Å². The number of allylic oxidation sites excluding steroid dienone is 1. The first-order valence-electron chi connectivity index (χ1n) is 6.30. The quantitative estimate of drug-likeness (QED) is 0.675. The molecule has 0 saturated heterocycles. The van der Waals surface area contributed by atoms with Crippen molar-refractivity contribution in [1.82, 2.24) is 4.90 Å². The molecule has 0 aromatic heterocycles. The third-order valence-corrected chi connectivity index (χ3v) is 4.32. The number of nitrogens with zero attached hydrogens (tertiary/aromatic N) is 1. The van der Waals surface area contributed by atoms with Crippen LogP contribution in [0.1, 0.15) is 53.4 Å². The van der Waals surface area contributed by atoms with E-state index in [-0.39, 0.29) is 5.54 Å². The normalized spacial score (nSPS) is 18.5. The van der Waals surface area contributed by atoms with Crippen LogP contribution in [0, 0.1) is 11.8 Å². The van der Waals surface area contributed by atoms with Crippen molar-refractivity contribution in [3.05, 3.63) is 12.3 Å². The van der Waals surface area contributed by atoms with E-state index in [2.05, 4.69) is 46.2 Å². The summed E-state index contributed by atoms with van der Waals surface area (Å²) >= 11 is 0. The molecule has 0 unspecified atom stereocenters. The van der Waals surface area contributed by atoms with Crippen LogP contribution in [0.4, 0.5) is 0 Å². The van der Waals surface area contributed by atoms with E-state index >= 15 is 0 Å². The topological polar surface area (TPSA) is 3.24 Å². The molecule has 0 spiro atoms. The molecule has 0 heterocycles. The van der Waals surface area contributed by atoms with Gasteiger partial charge in [0.1, 0.15) is 0 Å². The summed E-state index contributed by atoms with van der Waals surface area (Å²) in [4.78, 5) is 2.41. The van der Waals surface area contributed by atoms with Crippen LogP contribution < -0.4 is 0 Å². The Morgan fingerprint density at radius 3 is 2.13 bits per heavy atom. The fourth-order valence-electron chi connectivity index (χ4n) is 2.66. The number of hydrogen-bond donors (Lipinski definition) is 0. The van der Waals surface area contributed by atoms with Gasteiger partial charge in [-0.2, -0.15) is 0 Å². The molecule has 1 saturated carbocycles. The molecule has 0 radical (unpaired) electrons. The van der Waals surface area contributed by atoms with E-state index in [4.69, 9.17) is 0 Å². The van der Waals surface area contributed by atoms with Gasteiger partial charge in [-0.25, -0.2) is 0 Å². The molecular formula is C14H27N. The fraction of sp³-hybridized carbons (Fsp3) is 0.857. The van der Waals surface area contributed by atoms with Gasteiger partial charge in [0.15, 0.2) is 0 Å². The lowest BCUT2D eigenvalue weighted by molar-refractivity contribution is 0.116. The summed E-state index contributed by atoms with van der Waals surface area (Å²) in [5.41, 5.74) is 1.55. The Morgan fingerprint density at radius 1 is 1.27 bits per heavy atom. The Kier molecular flexibility index (Phi) is 3.86. The van der Waals surface area contributed by atoms with E-state index in [0.717, 1.165) is 5.92 Å². The molecule has 1 nitrogen and oxygen atoms in total. The zero-order chi connectivity index (χ0) is 11.6. The molecule has 1 aliphatic carbocycles. The predicted molar refractivity (Wildman–Crippen MR) is 67.8 cm³/mol. The lowest BCUT2D eigenvalue weighted by Gasteiger charge is -2.44. The van der Waals surface area contributed by atoms with Gasteiger partial charge in [0.2, 0.25) is 0 Å². The lowest BCUT2D eigenvalue weighted by Crippen LogP contribution is -2.46. The van der Waals surface area contributed by atoms with E-state index in [1.807, 2.05) is 0 Å². The maximum absolute atomic E-state index is 4.22. The van der Waals surface area contributed by atoms with Gasteiger partial charge >= 0.3 is 0 Å². The van der Waals surface area contributed by atoms with Crippen LogP contribution in [0.5, 0.6) is 0 Å². The van der Waals surface area contributed by atoms with Crippen LogP contribution in [-0.2, 0) is 0 Å². The summed E-state index contributed by atoms with van der Waals surface area (Å²) in [6.45, 7) is 13.4. The molecule has 0 aromatic rings. The minimum absolute atomic E-state index is 0.276. The predicted octanol–water partition coefficient (Wildman–Crippen LogP) is 4.06. The zero-order valence-corrected chi connectivity index (χ0v) is 11.1. The first-order valence-corrected chi connectivity index (χ1v) is 6.30. The minimum atomic E-state index is 0.276. The molecule has 0 atom stereocenters. The highest BCUT2D eigenvalue weighted by Crippen LogP contribution is 2.38. The van der Waals surface area contributed by atoms with Gasteiger partial charge in [-0.1, -0.05) is 33.3 Å². The Balaban J connectivity index is 2.71. The summed E-state index contributed by atoms with van der Waals surface area (Å²) < 4.78 is 0. The van der Waals surface area contributed by atoms with Crippen molar-refractivity contribution in [3.63, 3.8) is 0 Å². The zero-order valence-electron chi connectivity index (χ0n) is 11.1. The van der Waals surface area contributed by atoms with Crippen molar-refractivity contribution >= 4 is 0 Å². The molecule has 88 valence electrons. The Bertz CT molecular complexity index is 221. The fourth-order valence-corrected chi connectivity index (χ4v) is 2.66. The SMILES string of the molecule is C=C(C(C)C)N(C)C(C)(C)C1CCCC1. The highest BCUT2D eigenvalue weighted by Gasteiger charge is 2.35. The van der Waals surface area contributed by atoms with E-state index in [1.54, 1.807) is 0 Å². The maximum atomic E-state index is 4.22. The molecule has 1 rings (SSSR count). The molecule has 0 bridgehead atoms. The van der Waals surface area contributed by atoms with Gasteiger partial charge in [0, 0.05) is 18.3 Å². The van der Waals surface area contributed by atoms with Crippen LogP contribution in [0.3, 0.4) is 0 Å². The van der Waals surface area contributed by atoms with Gasteiger partial charge in [-0.05, 0) is 38.5 Å². The Morgan fingerprint density at radius 2 is 1.73 bits per heavy atom. The molecule has 1 aliphatic rings. The van der Waals surface area contributed by atoms with Crippen molar-refractivity contribution in [3.8, 4) is 0 Å². The summed E-state index contributed by atoms with van der Waals surface area (Å²) in [7, 11) is 2.21. The van der Waals surface area contributed by atoms with Crippen molar-refractivity contribution in [2.75, 3.05) is 7.05 Å². The molecular weight excluding hydrogens is 182 g/mol. The van der Waals surface area contributed by atoms with Gasteiger partial charge in [-0.15, -0.1) is 0 Å². The molecule has 0 amide bonds. The molecule has 15 heavy (non-hydrogen) atoms. The monoisotopic (exact) mass is 209 g/mol. The van der Waals surface area contributed by atoms with Gasteiger partial charge in [0.05, 0.1) is 0 Å². The third-order valence-electron chi connectivity index (χ3n) is 4.32. The van der Waals surface area contributed by atoms with Crippen LogP contribution >= 0.6 is 0 Å². The lowest BCUT2D eigenvalue weighted by atomic mass is 9.84. The summed E-state index contributed by atoms with van der Waals surface area (Å²) in [6.07, 6.45) is 5.61. The Hall–Kier alpha value is -0.460. The first kappa shape index (κ1) is 12.6. The highest BCUT2D eigenvalue weighted by atomic mass is 15.2. The van der Waals surface area contributed by atoms with Crippen LogP contribution in [0.25, 0.3) is 0 Å². The molecule has 1 heteroatoms. The smallest absolute Gasteiger partial charge is 0.0367 e. The van der Waals surface area contributed by atoms with Crippen LogP contribution in [-0.4, -0.2) is 17.5 Å². The van der Waals surface area contributed by atoms with Crippen molar-refractivity contribution in [2.24, 2.45) is 11.8 Å². The third kappa shape index (κ3) is 2.56. The second-order valence-corrected chi connectivity index (χ2v) is 5.84. The van der Waals surface area contributed by atoms with E-state index in [1.165, 1.54) is 31.4 Å². The largest absolute Gasteiger partial charge is 0.373 e. The molecule has 0 N–H and O–H groups in total. The Labute approximate surface area is 95.5 Å². The minimum Gasteiger partial charge on any atom is -0.373 e. The maximum Gasteiger partial charge on any atom is 0.0367 e. The van der Waals surface area contributed by atoms with Crippen LogP contribution in [0.15, 0.2) is 12.3 Å². The van der Waals surface area contributed by atoms with E-state index in [9.17, 15) is 0 Å². The second kappa shape index (κ2) is 4.59. The standard InChI is InChI=1S/C14H27N/c1-11(2)12(3)15(6)14(4,5)13-9-7-8-10-13/h11,13H,3,7-10H2,1-2,4-6H3. The highest BCUT2D eigenvalue weighted by molar-refractivity contribution is 5.04. The summed E-state index contributed by atoms with van der Waals surface area (Å²) in [6, 6.07) is 0. The number of hydrogen-bond acceptors (Lipinski definition) is 1. The molecule has 0 aromatic carbocycles. The van der Waals surface area contributed by atoms with Crippen molar-refractivity contribution in [2.45, 2.75) is 58.9 Å².